The van der Waals surface area contributed by atoms with Gasteiger partial charge in [-0.25, -0.2) is 0 Å². The third-order valence-corrected chi connectivity index (χ3v) is 4.46. The second-order valence-electron chi connectivity index (χ2n) is 3.81. The van der Waals surface area contributed by atoms with Crippen molar-refractivity contribution in [3.63, 3.8) is 0 Å². The highest BCUT2D eigenvalue weighted by Gasteiger charge is 2.12. The summed E-state index contributed by atoms with van der Waals surface area (Å²) >= 11 is 14.1. The predicted molar refractivity (Wildman–Crippen MR) is 85.6 cm³/mol. The Labute approximate surface area is 134 Å². The number of hydrogen-bond donors (Lipinski definition) is 0. The summed E-state index contributed by atoms with van der Waals surface area (Å²) in [6.45, 7) is 0. The summed E-state index contributed by atoms with van der Waals surface area (Å²) in [5.41, 5.74) is 1.04. The Morgan fingerprint density at radius 1 is 1.05 bits per heavy atom. The smallest absolute Gasteiger partial charge is 0.193 e. The van der Waals surface area contributed by atoms with Crippen molar-refractivity contribution < 1.29 is 9.53 Å². The summed E-state index contributed by atoms with van der Waals surface area (Å²) in [5.74, 6) is 0.418. The quantitative estimate of drug-likeness (QED) is 0.538. The van der Waals surface area contributed by atoms with E-state index in [-0.39, 0.29) is 5.78 Å². The number of carbonyl (C=O) groups is 1. The number of halogens is 3. The summed E-state index contributed by atoms with van der Waals surface area (Å²) < 4.78 is 5.96. The second kappa shape index (κ2) is 6.11. The zero-order valence-corrected chi connectivity index (χ0v) is 13.6. The maximum Gasteiger partial charge on any atom is 0.193 e. The molecule has 2 nitrogen and oxygen atoms in total. The van der Waals surface area contributed by atoms with Crippen molar-refractivity contribution in [2.24, 2.45) is 0 Å². The molecule has 98 valence electrons. The Morgan fingerprint density at radius 2 is 1.63 bits per heavy atom. The molecule has 2 aromatic rings. The molecule has 0 saturated carbocycles. The molecule has 2 aromatic carbocycles. The highest BCUT2D eigenvalue weighted by molar-refractivity contribution is 14.1. The van der Waals surface area contributed by atoms with Crippen molar-refractivity contribution >= 4 is 51.6 Å². The zero-order chi connectivity index (χ0) is 14.0. The minimum absolute atomic E-state index is 0.122. The van der Waals surface area contributed by atoms with Gasteiger partial charge < -0.3 is 4.74 Å². The molecule has 0 aliphatic rings. The van der Waals surface area contributed by atoms with Crippen LogP contribution in [0.2, 0.25) is 10.0 Å². The molecule has 0 bridgehead atoms. The van der Waals surface area contributed by atoms with Gasteiger partial charge >= 0.3 is 0 Å². The van der Waals surface area contributed by atoms with Crippen LogP contribution in [-0.2, 0) is 0 Å². The van der Waals surface area contributed by atoms with Gasteiger partial charge in [0.25, 0.3) is 0 Å². The summed E-state index contributed by atoms with van der Waals surface area (Å²) in [4.78, 5) is 12.3. The fourth-order valence-electron chi connectivity index (χ4n) is 1.61. The van der Waals surface area contributed by atoms with E-state index in [0.717, 1.165) is 3.57 Å². The largest absolute Gasteiger partial charge is 0.495 e. The Bertz CT molecular complexity index is 641. The van der Waals surface area contributed by atoms with E-state index in [1.807, 2.05) is 0 Å². The average molecular weight is 407 g/mol. The lowest BCUT2D eigenvalue weighted by Gasteiger charge is -2.06. The van der Waals surface area contributed by atoms with Crippen LogP contribution in [0.15, 0.2) is 36.4 Å². The number of rotatable bonds is 3. The van der Waals surface area contributed by atoms with Crippen LogP contribution in [0, 0.1) is 3.57 Å². The number of benzene rings is 2. The van der Waals surface area contributed by atoms with Gasteiger partial charge in [0.1, 0.15) is 5.75 Å². The van der Waals surface area contributed by atoms with Gasteiger partial charge in [-0.1, -0.05) is 23.2 Å². The van der Waals surface area contributed by atoms with E-state index in [1.54, 1.807) is 36.4 Å². The molecule has 0 N–H and O–H groups in total. The monoisotopic (exact) mass is 406 g/mol. The van der Waals surface area contributed by atoms with Gasteiger partial charge in [0.05, 0.1) is 17.2 Å². The normalized spacial score (nSPS) is 10.3. The van der Waals surface area contributed by atoms with Gasteiger partial charge in [-0.2, -0.15) is 0 Å². The van der Waals surface area contributed by atoms with Crippen LogP contribution in [0.5, 0.6) is 5.75 Å². The molecule has 0 radical (unpaired) electrons. The second-order valence-corrected chi connectivity index (χ2v) is 5.78. The topological polar surface area (TPSA) is 26.3 Å². The minimum atomic E-state index is -0.122. The van der Waals surface area contributed by atoms with E-state index in [2.05, 4.69) is 22.6 Å². The molecule has 0 spiro atoms. The van der Waals surface area contributed by atoms with Crippen molar-refractivity contribution in [3.05, 3.63) is 61.1 Å². The molecule has 0 unspecified atom stereocenters. The fraction of sp³-hybridized carbons (Fsp3) is 0.0714. The molecule has 0 fully saturated rings. The van der Waals surface area contributed by atoms with Crippen molar-refractivity contribution in [2.75, 3.05) is 7.11 Å². The third-order valence-electron chi connectivity index (χ3n) is 2.60. The van der Waals surface area contributed by atoms with Crippen LogP contribution >= 0.6 is 45.8 Å². The number of carbonyl (C=O) groups excluding carboxylic acids is 1. The van der Waals surface area contributed by atoms with Crippen molar-refractivity contribution in [3.8, 4) is 5.75 Å². The first-order valence-corrected chi connectivity index (χ1v) is 7.19. The summed E-state index contributed by atoms with van der Waals surface area (Å²) in [5, 5.41) is 0.969. The van der Waals surface area contributed by atoms with E-state index in [0.29, 0.717) is 26.9 Å². The van der Waals surface area contributed by atoms with Crippen molar-refractivity contribution in [2.45, 2.75) is 0 Å². The van der Waals surface area contributed by atoms with Gasteiger partial charge in [-0.15, -0.1) is 0 Å². The first-order valence-electron chi connectivity index (χ1n) is 5.36. The minimum Gasteiger partial charge on any atom is -0.495 e. The van der Waals surface area contributed by atoms with Gasteiger partial charge in [0.2, 0.25) is 0 Å². The standard InChI is InChI=1S/C14H9Cl2IO2/c1-19-13-5-3-9(7-11(13)16)14(18)8-2-4-12(17)10(15)6-8/h2-7H,1H3. The number of methoxy groups -OCH3 is 1. The van der Waals surface area contributed by atoms with E-state index >= 15 is 0 Å². The lowest BCUT2D eigenvalue weighted by molar-refractivity contribution is 0.103. The Kier molecular flexibility index (Phi) is 4.71. The molecule has 0 atom stereocenters. The molecule has 0 amide bonds. The molecule has 2 rings (SSSR count). The molecule has 0 heterocycles. The number of hydrogen-bond acceptors (Lipinski definition) is 2. The van der Waals surface area contributed by atoms with Crippen LogP contribution in [0.25, 0.3) is 0 Å². The van der Waals surface area contributed by atoms with Gasteiger partial charge in [0.15, 0.2) is 5.78 Å². The molecule has 5 heteroatoms. The van der Waals surface area contributed by atoms with Gasteiger partial charge in [-0.3, -0.25) is 4.79 Å². The van der Waals surface area contributed by atoms with E-state index in [9.17, 15) is 4.79 Å². The van der Waals surface area contributed by atoms with Gasteiger partial charge in [0, 0.05) is 14.7 Å². The molecule has 0 aliphatic heterocycles. The van der Waals surface area contributed by atoms with E-state index < -0.39 is 0 Å². The van der Waals surface area contributed by atoms with E-state index in [4.69, 9.17) is 27.9 Å². The maximum atomic E-state index is 12.3. The zero-order valence-electron chi connectivity index (χ0n) is 9.91. The molecular formula is C14H9Cl2IO2. The molecule has 19 heavy (non-hydrogen) atoms. The number of ketones is 1. The Hall–Kier alpha value is -0.780. The molecule has 0 aliphatic carbocycles. The van der Waals surface area contributed by atoms with Crippen LogP contribution in [0.3, 0.4) is 0 Å². The van der Waals surface area contributed by atoms with Crippen molar-refractivity contribution in [1.82, 2.24) is 0 Å². The molecule has 0 saturated heterocycles. The van der Waals surface area contributed by atoms with Crippen LogP contribution < -0.4 is 4.74 Å². The summed E-state index contributed by atoms with van der Waals surface area (Å²) in [7, 11) is 1.53. The molecular weight excluding hydrogens is 398 g/mol. The Morgan fingerprint density at radius 3 is 2.16 bits per heavy atom. The van der Waals surface area contributed by atoms with Gasteiger partial charge in [-0.05, 0) is 59.0 Å². The summed E-state index contributed by atoms with van der Waals surface area (Å²) in [6, 6.07) is 10.1. The first-order chi connectivity index (χ1) is 9.02. The Balaban J connectivity index is 2.38. The fourth-order valence-corrected chi connectivity index (χ4v) is 2.39. The van der Waals surface area contributed by atoms with Crippen LogP contribution in [-0.4, -0.2) is 12.9 Å². The average Bonchev–Trinajstić information content (AvgIpc) is 2.41. The lowest BCUT2D eigenvalue weighted by atomic mass is 10.0. The highest BCUT2D eigenvalue weighted by Crippen LogP contribution is 2.27. The lowest BCUT2D eigenvalue weighted by Crippen LogP contribution is -2.02. The number of ether oxygens (including phenoxy) is 1. The third kappa shape index (κ3) is 3.22. The molecule has 0 aromatic heterocycles. The first kappa shape index (κ1) is 14.6. The summed E-state index contributed by atoms with van der Waals surface area (Å²) in [6.07, 6.45) is 0. The maximum absolute atomic E-state index is 12.3. The SMILES string of the molecule is COc1ccc(C(=O)c2ccc(I)c(Cl)c2)cc1Cl. The van der Waals surface area contributed by atoms with Crippen molar-refractivity contribution in [1.29, 1.82) is 0 Å². The van der Waals surface area contributed by atoms with Crippen LogP contribution in [0.4, 0.5) is 0 Å². The van der Waals surface area contributed by atoms with Crippen LogP contribution in [0.1, 0.15) is 15.9 Å². The van der Waals surface area contributed by atoms with E-state index in [1.165, 1.54) is 7.11 Å². The predicted octanol–water partition coefficient (Wildman–Crippen LogP) is 4.84. The highest BCUT2D eigenvalue weighted by atomic mass is 127.